The van der Waals surface area contributed by atoms with Crippen LogP contribution < -0.4 is 4.90 Å². The Hall–Kier alpha value is -2.16. The van der Waals surface area contributed by atoms with Gasteiger partial charge in [-0.05, 0) is 11.4 Å². The number of hydrogen-bond acceptors (Lipinski definition) is 3. The van der Waals surface area contributed by atoms with E-state index in [2.05, 4.69) is 0 Å². The lowest BCUT2D eigenvalue weighted by atomic mass is 10.2. The van der Waals surface area contributed by atoms with Crippen LogP contribution in [0.1, 0.15) is 9.67 Å². The molecule has 0 atom stereocenters. The first-order valence-electron chi connectivity index (χ1n) is 7.01. The van der Waals surface area contributed by atoms with Crippen LogP contribution in [0.5, 0.6) is 0 Å². The van der Waals surface area contributed by atoms with Crippen molar-refractivity contribution in [3.05, 3.63) is 51.5 Å². The molecular formula is C15H11F5N2OS. The molecule has 0 N–H and O–H groups in total. The van der Waals surface area contributed by atoms with Gasteiger partial charge in [0, 0.05) is 26.2 Å². The number of carbonyl (C=O) groups is 1. The Morgan fingerprint density at radius 1 is 0.875 bits per heavy atom. The molecule has 0 saturated carbocycles. The Morgan fingerprint density at radius 2 is 1.42 bits per heavy atom. The minimum atomic E-state index is -2.18. The number of nitrogens with zero attached hydrogens (tertiary/aromatic N) is 2. The maximum absolute atomic E-state index is 13.8. The monoisotopic (exact) mass is 362 g/mol. The van der Waals surface area contributed by atoms with Crippen molar-refractivity contribution in [1.29, 1.82) is 0 Å². The van der Waals surface area contributed by atoms with E-state index in [4.69, 9.17) is 0 Å². The van der Waals surface area contributed by atoms with Crippen LogP contribution in [0.4, 0.5) is 27.6 Å². The summed E-state index contributed by atoms with van der Waals surface area (Å²) < 4.78 is 67.3. The zero-order chi connectivity index (χ0) is 17.4. The van der Waals surface area contributed by atoms with E-state index in [9.17, 15) is 26.7 Å². The molecule has 9 heteroatoms. The van der Waals surface area contributed by atoms with E-state index in [0.717, 1.165) is 4.90 Å². The molecule has 1 aliphatic rings. The lowest BCUT2D eigenvalue weighted by molar-refractivity contribution is 0.0751. The molecule has 1 aromatic heterocycles. The topological polar surface area (TPSA) is 23.6 Å². The van der Waals surface area contributed by atoms with Crippen LogP contribution in [0.25, 0.3) is 0 Å². The molecule has 1 amide bonds. The Balaban J connectivity index is 1.79. The molecule has 1 fully saturated rings. The molecule has 1 aromatic carbocycles. The number of thiophene rings is 1. The highest BCUT2D eigenvalue weighted by molar-refractivity contribution is 7.12. The maximum Gasteiger partial charge on any atom is 0.264 e. The zero-order valence-electron chi connectivity index (χ0n) is 12.2. The number of hydrogen-bond donors (Lipinski definition) is 0. The van der Waals surface area contributed by atoms with Crippen LogP contribution in [0.2, 0.25) is 0 Å². The van der Waals surface area contributed by atoms with E-state index >= 15 is 0 Å². The molecule has 128 valence electrons. The van der Waals surface area contributed by atoms with Crippen molar-refractivity contribution >= 4 is 22.9 Å². The van der Waals surface area contributed by atoms with Gasteiger partial charge in [-0.15, -0.1) is 11.3 Å². The van der Waals surface area contributed by atoms with Crippen molar-refractivity contribution in [2.24, 2.45) is 0 Å². The van der Waals surface area contributed by atoms with Crippen molar-refractivity contribution in [3.8, 4) is 0 Å². The van der Waals surface area contributed by atoms with Crippen molar-refractivity contribution in [2.45, 2.75) is 0 Å². The summed E-state index contributed by atoms with van der Waals surface area (Å²) in [7, 11) is 0. The lowest BCUT2D eigenvalue weighted by Gasteiger charge is -2.36. The molecule has 2 heterocycles. The molecular weight excluding hydrogens is 351 g/mol. The summed E-state index contributed by atoms with van der Waals surface area (Å²) in [6, 6.07) is 3.38. The first kappa shape index (κ1) is 16.7. The third kappa shape index (κ3) is 2.72. The van der Waals surface area contributed by atoms with E-state index in [-0.39, 0.29) is 32.1 Å². The standard InChI is InChI=1S/C15H11F5N2OS/c16-9-10(17)12(19)14(13(20)11(9)18)21-3-5-22(6-4-21)15(23)8-2-1-7-24-8/h1-2,7H,3-6H2. The predicted octanol–water partition coefficient (Wildman–Crippen LogP) is 3.41. The number of anilines is 1. The fourth-order valence-corrected chi connectivity index (χ4v) is 3.25. The summed E-state index contributed by atoms with van der Waals surface area (Å²) in [5.41, 5.74) is -0.949. The molecule has 1 saturated heterocycles. The molecule has 0 radical (unpaired) electrons. The van der Waals surface area contributed by atoms with Crippen LogP contribution in [0, 0.1) is 29.1 Å². The Morgan fingerprint density at radius 3 is 1.92 bits per heavy atom. The van der Waals surface area contributed by atoms with Crippen LogP contribution >= 0.6 is 11.3 Å². The summed E-state index contributed by atoms with van der Waals surface area (Å²) >= 11 is 1.27. The fourth-order valence-electron chi connectivity index (χ4n) is 2.56. The van der Waals surface area contributed by atoms with Crippen molar-refractivity contribution in [2.75, 3.05) is 31.1 Å². The van der Waals surface area contributed by atoms with E-state index in [1.54, 1.807) is 17.5 Å². The quantitative estimate of drug-likeness (QED) is 0.464. The van der Waals surface area contributed by atoms with Crippen LogP contribution in [0.15, 0.2) is 17.5 Å². The Kier molecular flexibility index (Phi) is 4.44. The van der Waals surface area contributed by atoms with Crippen LogP contribution in [0.3, 0.4) is 0 Å². The molecule has 3 nitrogen and oxygen atoms in total. The van der Waals surface area contributed by atoms with Crippen LogP contribution in [-0.2, 0) is 0 Å². The van der Waals surface area contributed by atoms with Gasteiger partial charge in [0.15, 0.2) is 23.3 Å². The number of halogens is 5. The van der Waals surface area contributed by atoms with Crippen molar-refractivity contribution in [1.82, 2.24) is 4.90 Å². The highest BCUT2D eigenvalue weighted by Gasteiger charge is 2.31. The van der Waals surface area contributed by atoms with Gasteiger partial charge in [-0.3, -0.25) is 4.79 Å². The van der Waals surface area contributed by atoms with Gasteiger partial charge >= 0.3 is 0 Å². The smallest absolute Gasteiger partial charge is 0.264 e. The minimum Gasteiger partial charge on any atom is -0.363 e. The molecule has 1 aliphatic heterocycles. The first-order chi connectivity index (χ1) is 11.4. The van der Waals surface area contributed by atoms with E-state index in [0.29, 0.717) is 4.88 Å². The second kappa shape index (κ2) is 6.39. The van der Waals surface area contributed by atoms with Crippen LogP contribution in [-0.4, -0.2) is 37.0 Å². The minimum absolute atomic E-state index is 0.0323. The molecule has 3 rings (SSSR count). The average Bonchev–Trinajstić information content (AvgIpc) is 3.13. The number of carbonyl (C=O) groups excluding carboxylic acids is 1. The normalized spacial score (nSPS) is 15.0. The molecule has 0 bridgehead atoms. The highest BCUT2D eigenvalue weighted by Crippen LogP contribution is 2.31. The molecule has 2 aromatic rings. The van der Waals surface area contributed by atoms with Gasteiger partial charge in [0.2, 0.25) is 5.82 Å². The van der Waals surface area contributed by atoms with Gasteiger partial charge < -0.3 is 9.80 Å². The van der Waals surface area contributed by atoms with Gasteiger partial charge in [0.25, 0.3) is 5.91 Å². The summed E-state index contributed by atoms with van der Waals surface area (Å²) in [4.78, 5) is 15.3. The summed E-state index contributed by atoms with van der Waals surface area (Å²) in [5, 5.41) is 1.75. The maximum atomic E-state index is 13.8. The summed E-state index contributed by atoms with van der Waals surface area (Å²) in [6.45, 7) is 0.178. The van der Waals surface area contributed by atoms with E-state index in [1.807, 2.05) is 0 Å². The second-order valence-corrected chi connectivity index (χ2v) is 6.12. The Labute approximate surface area is 137 Å². The first-order valence-corrected chi connectivity index (χ1v) is 7.89. The number of benzene rings is 1. The molecule has 0 aliphatic carbocycles. The molecule has 0 spiro atoms. The Bertz CT molecular complexity index is 744. The van der Waals surface area contributed by atoms with Crippen molar-refractivity contribution < 1.29 is 26.7 Å². The van der Waals surface area contributed by atoms with Gasteiger partial charge in [-0.2, -0.15) is 0 Å². The highest BCUT2D eigenvalue weighted by atomic mass is 32.1. The lowest BCUT2D eigenvalue weighted by Crippen LogP contribution is -2.49. The number of piperazine rings is 1. The van der Waals surface area contributed by atoms with Gasteiger partial charge in [0.05, 0.1) is 4.88 Å². The molecule has 24 heavy (non-hydrogen) atoms. The largest absolute Gasteiger partial charge is 0.363 e. The molecule has 0 unspecified atom stereocenters. The third-order valence-electron chi connectivity index (χ3n) is 3.80. The zero-order valence-corrected chi connectivity index (χ0v) is 13.0. The second-order valence-electron chi connectivity index (χ2n) is 5.18. The average molecular weight is 362 g/mol. The number of amides is 1. The van der Waals surface area contributed by atoms with E-state index < -0.39 is 34.8 Å². The van der Waals surface area contributed by atoms with Gasteiger partial charge in [-0.25, -0.2) is 22.0 Å². The van der Waals surface area contributed by atoms with Gasteiger partial charge in [-0.1, -0.05) is 6.07 Å². The van der Waals surface area contributed by atoms with Crippen molar-refractivity contribution in [3.63, 3.8) is 0 Å². The van der Waals surface area contributed by atoms with E-state index in [1.165, 1.54) is 16.2 Å². The van der Waals surface area contributed by atoms with Gasteiger partial charge in [0.1, 0.15) is 5.69 Å². The predicted molar refractivity (Wildman–Crippen MR) is 78.7 cm³/mol. The summed E-state index contributed by atoms with van der Waals surface area (Å²) in [5.74, 6) is -10.1. The fraction of sp³-hybridized carbons (Fsp3) is 0.267. The SMILES string of the molecule is O=C(c1cccs1)N1CCN(c2c(F)c(F)c(F)c(F)c2F)CC1. The third-order valence-corrected chi connectivity index (χ3v) is 4.66. The number of rotatable bonds is 2. The summed E-state index contributed by atoms with van der Waals surface area (Å²) in [6.07, 6.45) is 0.